The van der Waals surface area contributed by atoms with Crippen LogP contribution in [0.15, 0.2) is 22.9 Å². The highest BCUT2D eigenvalue weighted by Gasteiger charge is 2.03. The predicted octanol–water partition coefficient (Wildman–Crippen LogP) is 4.14. The topological polar surface area (TPSA) is 6.25 Å². The van der Waals surface area contributed by atoms with E-state index in [2.05, 4.69) is 81.2 Å². The van der Waals surface area contributed by atoms with Gasteiger partial charge in [0, 0.05) is 19.8 Å². The van der Waals surface area contributed by atoms with Crippen LogP contribution in [-0.4, -0.2) is 35.6 Å². The molecule has 2 unspecified atom stereocenters. The van der Waals surface area contributed by atoms with Crippen molar-refractivity contribution in [1.29, 1.82) is 0 Å². The van der Waals surface area contributed by atoms with Gasteiger partial charge in [0.2, 0.25) is 0 Å². The first-order chi connectivity index (χ1) is 8.33. The molecule has 5 heteroatoms. The average molecular weight is 304 g/mol. The maximum absolute atomic E-state index is 3.48. The molecule has 0 rings (SSSR count). The summed E-state index contributed by atoms with van der Waals surface area (Å²) in [4.78, 5) is 2.20. The molecule has 2 atom stereocenters. The maximum Gasteiger partial charge on any atom is 0.193 e. The summed E-state index contributed by atoms with van der Waals surface area (Å²) < 4.78 is 2.24. The molecule has 0 aliphatic rings. The first kappa shape index (κ1) is 18.2. The molecule has 0 aliphatic heterocycles. The van der Waals surface area contributed by atoms with E-state index >= 15 is 0 Å². The van der Waals surface area contributed by atoms with Crippen LogP contribution in [0.25, 0.3) is 0 Å². The van der Waals surface area contributed by atoms with Crippen molar-refractivity contribution >= 4 is 31.5 Å². The van der Waals surface area contributed by atoms with E-state index in [0.717, 1.165) is 13.1 Å². The summed E-state index contributed by atoms with van der Waals surface area (Å²) in [6.07, 6.45) is 5.67. The van der Waals surface area contributed by atoms with Gasteiger partial charge in [-0.25, -0.2) is 0 Å². The van der Waals surface area contributed by atoms with Crippen LogP contribution in [0.3, 0.4) is 0 Å². The van der Waals surface area contributed by atoms with Gasteiger partial charge in [0.15, 0.2) is 7.45 Å². The van der Waals surface area contributed by atoms with Gasteiger partial charge in [-0.1, -0.05) is 13.8 Å². The third-order valence-electron chi connectivity index (χ3n) is 2.94. The Kier molecular flexibility index (Phi) is 9.32. The summed E-state index contributed by atoms with van der Waals surface area (Å²) in [5.74, 6) is 0. The van der Waals surface area contributed by atoms with E-state index in [0.29, 0.717) is 0 Å². The second kappa shape index (κ2) is 9.19. The molecule has 0 fully saturated rings. The monoisotopic (exact) mass is 304 g/mol. The first-order valence-corrected chi connectivity index (χ1v) is 10.8. The highest BCUT2D eigenvalue weighted by atomic mass is 32.4. The van der Waals surface area contributed by atoms with Crippen molar-refractivity contribution in [2.75, 3.05) is 20.1 Å². The molecule has 0 saturated carbocycles. The molecular weight excluding hydrogens is 277 g/mol. The zero-order valence-corrected chi connectivity index (χ0v) is 15.7. The zero-order chi connectivity index (χ0) is 14.3. The third-order valence-corrected chi connectivity index (χ3v) is 5.55. The molecule has 0 aromatic carbocycles. The summed E-state index contributed by atoms with van der Waals surface area (Å²) >= 11 is 0. The third kappa shape index (κ3) is 6.42. The molecule has 0 amide bonds. The Bertz CT molecular complexity index is 357. The fraction of sp³-hybridized carbons (Fsp3) is 0.615. The van der Waals surface area contributed by atoms with E-state index in [1.54, 1.807) is 0 Å². The molecule has 0 aromatic rings. The van der Waals surface area contributed by atoms with Crippen molar-refractivity contribution in [2.24, 2.45) is 0 Å². The Balaban J connectivity index is 5.18. The van der Waals surface area contributed by atoms with E-state index in [-0.39, 0.29) is 7.45 Å². The van der Waals surface area contributed by atoms with Gasteiger partial charge in [-0.05, 0) is 37.9 Å². The van der Waals surface area contributed by atoms with Crippen molar-refractivity contribution in [3.8, 4) is 0 Å². The lowest BCUT2D eigenvalue weighted by molar-refractivity contribution is -0.345. The second-order valence-corrected chi connectivity index (χ2v) is 10.5. The van der Waals surface area contributed by atoms with Crippen molar-refractivity contribution in [2.45, 2.75) is 34.6 Å². The molecule has 2 nitrogen and oxygen atoms in total. The molecule has 0 radical (unpaired) electrons. The molecule has 18 heavy (non-hydrogen) atoms. The number of rotatable bonds is 6. The van der Waals surface area contributed by atoms with E-state index in [4.69, 9.17) is 0 Å². The first-order valence-electron chi connectivity index (χ1n) is 6.23. The van der Waals surface area contributed by atoms with Gasteiger partial charge in [0.05, 0.1) is 0 Å². The molecule has 0 aromatic heterocycles. The number of allylic oxidation sites excluding steroid dienone is 3. The van der Waals surface area contributed by atoms with Gasteiger partial charge in [-0.3, -0.25) is 4.35 Å². The van der Waals surface area contributed by atoms with Crippen molar-refractivity contribution < 1.29 is 4.35 Å². The normalized spacial score (nSPS) is 14.9. The fourth-order valence-electron chi connectivity index (χ4n) is 1.39. The lowest BCUT2D eigenvalue weighted by Crippen LogP contribution is -2.10. The summed E-state index contributed by atoms with van der Waals surface area (Å²) in [6, 6.07) is 0. The van der Waals surface area contributed by atoms with Crippen LogP contribution >= 0.6 is 25.3 Å². The second-order valence-electron chi connectivity index (χ2n) is 4.34. The summed E-state index contributed by atoms with van der Waals surface area (Å²) in [7, 11) is 7.52. The molecule has 0 aliphatic carbocycles. The highest BCUT2D eigenvalue weighted by Crippen LogP contribution is 2.52. The molecule has 0 spiro atoms. The Hall–Kier alpha value is 0.240. The van der Waals surface area contributed by atoms with Gasteiger partial charge in [-0.15, -0.1) is 12.5 Å². The molecule has 0 bridgehead atoms. The Morgan fingerprint density at radius 2 is 1.83 bits per heavy atom. The van der Waals surface area contributed by atoms with Gasteiger partial charge in [-0.2, -0.15) is 11.1 Å². The molecular formula is C13H27N2P3. The van der Waals surface area contributed by atoms with Crippen LogP contribution in [0.2, 0.25) is 0 Å². The van der Waals surface area contributed by atoms with Gasteiger partial charge < -0.3 is 4.90 Å². The maximum atomic E-state index is 3.48. The van der Waals surface area contributed by atoms with E-state index in [9.17, 15) is 0 Å². The van der Waals surface area contributed by atoms with Crippen LogP contribution in [0.1, 0.15) is 34.6 Å². The quantitative estimate of drug-likeness (QED) is 0.309. The molecule has 104 valence electrons. The lowest BCUT2D eigenvalue weighted by Gasteiger charge is -2.19. The molecule has 0 N–H and O–H groups in total. The Labute approximate surface area is 119 Å². The Morgan fingerprint density at radius 1 is 1.28 bits per heavy atom. The standard InChI is InChI=1S/C13H27N2P3/c1-7-14(6)9-11(3)13(5)12(4)10-15(8-2)18(16)17/h9H,7-8,16-17H2,1-6H3/b11-9?,13-12+. The molecule has 0 saturated heterocycles. The highest BCUT2D eigenvalue weighted by molar-refractivity contribution is 8.40. The Morgan fingerprint density at radius 3 is 2.22 bits per heavy atom. The molecule has 0 heterocycles. The van der Waals surface area contributed by atoms with Crippen molar-refractivity contribution in [3.05, 3.63) is 22.9 Å². The summed E-state index contributed by atoms with van der Waals surface area (Å²) in [5.41, 5.74) is 3.82. The minimum Gasteiger partial charge on any atom is -0.382 e. The van der Waals surface area contributed by atoms with E-state index in [1.807, 2.05) is 0 Å². The van der Waals surface area contributed by atoms with Crippen LogP contribution in [-0.2, 0) is 0 Å². The summed E-state index contributed by atoms with van der Waals surface area (Å²) in [5, 5.41) is 0. The average Bonchev–Trinajstić information content (AvgIpc) is 2.33. The summed E-state index contributed by atoms with van der Waals surface area (Å²) in [6.45, 7) is 12.8. The SMILES string of the molecule is CCN(C)C=C(C)/C(C)=C(\C)[C-]=[N+](CC)P(P)P. The largest absolute Gasteiger partial charge is 0.382 e. The predicted molar refractivity (Wildman–Crippen MR) is 92.6 cm³/mol. The van der Waals surface area contributed by atoms with Gasteiger partial charge in [0.1, 0.15) is 6.54 Å². The minimum atomic E-state index is -0.269. The lowest BCUT2D eigenvalue weighted by atomic mass is 10.1. The van der Waals surface area contributed by atoms with Crippen molar-refractivity contribution in [3.63, 3.8) is 0 Å². The van der Waals surface area contributed by atoms with Crippen LogP contribution in [0.4, 0.5) is 0 Å². The van der Waals surface area contributed by atoms with E-state index < -0.39 is 0 Å². The minimum absolute atomic E-state index is 0.269. The van der Waals surface area contributed by atoms with Crippen LogP contribution < -0.4 is 0 Å². The smallest absolute Gasteiger partial charge is 0.193 e. The number of hydrogen-bond donors (Lipinski definition) is 0. The number of hydrogen-bond acceptors (Lipinski definition) is 1. The van der Waals surface area contributed by atoms with E-state index in [1.165, 1.54) is 16.7 Å². The van der Waals surface area contributed by atoms with Crippen LogP contribution in [0.5, 0.6) is 0 Å². The van der Waals surface area contributed by atoms with Gasteiger partial charge >= 0.3 is 0 Å². The van der Waals surface area contributed by atoms with Gasteiger partial charge in [0.25, 0.3) is 0 Å². The number of nitrogens with zero attached hydrogens (tertiary/aromatic N) is 2. The fourth-order valence-corrected chi connectivity index (χ4v) is 3.31. The van der Waals surface area contributed by atoms with Crippen molar-refractivity contribution in [1.82, 2.24) is 4.90 Å². The zero-order valence-electron chi connectivity index (χ0n) is 12.5. The van der Waals surface area contributed by atoms with Crippen LogP contribution in [0, 0.1) is 0 Å².